The van der Waals surface area contributed by atoms with Crippen molar-refractivity contribution in [1.29, 1.82) is 0 Å². The van der Waals surface area contributed by atoms with E-state index in [-0.39, 0.29) is 33.7 Å². The Balaban J connectivity index is 1.95. The molecule has 9 nitrogen and oxygen atoms in total. The topological polar surface area (TPSA) is 124 Å². The Labute approximate surface area is 207 Å². The molecule has 35 heavy (non-hydrogen) atoms. The van der Waals surface area contributed by atoms with Crippen LogP contribution in [0.25, 0.3) is 6.08 Å². The second-order valence-electron chi connectivity index (χ2n) is 7.58. The standard InChI is InChI=1S/C24H21N3O6S2/c1-4-33-23(30)20-13(2)25-24-26(21(20)14-5-8-17(34-3)9-6-14)22(29)19(35-24)12-15-11-16(27(31)32)7-10-18(15)28/h5-12,21,28H,4H2,1-3H3/b19-12-/t21-/m1/s1. The number of esters is 1. The molecular formula is C24H21N3O6S2. The van der Waals surface area contributed by atoms with E-state index in [2.05, 4.69) is 4.99 Å². The number of aromatic hydroxyl groups is 1. The fraction of sp³-hybridized carbons (Fsp3) is 0.208. The van der Waals surface area contributed by atoms with Gasteiger partial charge in [-0.3, -0.25) is 19.5 Å². The molecule has 0 unspecified atom stereocenters. The Bertz CT molecular complexity index is 1540. The number of nitro benzene ring substituents is 1. The summed E-state index contributed by atoms with van der Waals surface area (Å²) in [6, 6.07) is 10.4. The number of aromatic nitrogens is 1. The minimum atomic E-state index is -0.762. The molecular weight excluding hydrogens is 490 g/mol. The smallest absolute Gasteiger partial charge is 0.338 e. The van der Waals surface area contributed by atoms with Crippen molar-refractivity contribution in [3.63, 3.8) is 0 Å². The van der Waals surface area contributed by atoms with Crippen LogP contribution in [0.3, 0.4) is 0 Å². The second-order valence-corrected chi connectivity index (χ2v) is 9.46. The number of thioether (sulfide) groups is 1. The highest BCUT2D eigenvalue weighted by Crippen LogP contribution is 2.32. The summed E-state index contributed by atoms with van der Waals surface area (Å²) in [7, 11) is 0. The Kier molecular flexibility index (Phi) is 6.90. The van der Waals surface area contributed by atoms with Crippen molar-refractivity contribution in [3.8, 4) is 5.75 Å². The van der Waals surface area contributed by atoms with Gasteiger partial charge in [-0.25, -0.2) is 9.79 Å². The number of allylic oxidation sites excluding steroid dienone is 1. The quantitative estimate of drug-likeness (QED) is 0.233. The third-order valence-corrected chi connectivity index (χ3v) is 7.18. The van der Waals surface area contributed by atoms with E-state index in [1.807, 2.05) is 30.5 Å². The number of hydrogen-bond donors (Lipinski definition) is 1. The number of benzene rings is 2. The van der Waals surface area contributed by atoms with Crippen molar-refractivity contribution in [2.45, 2.75) is 24.8 Å². The van der Waals surface area contributed by atoms with E-state index in [0.29, 0.717) is 16.1 Å². The zero-order valence-electron chi connectivity index (χ0n) is 19.0. The first kappa shape index (κ1) is 24.4. The molecule has 0 spiro atoms. The van der Waals surface area contributed by atoms with Crippen LogP contribution in [0, 0.1) is 10.1 Å². The molecule has 0 bridgehead atoms. The van der Waals surface area contributed by atoms with Crippen LogP contribution in [0.4, 0.5) is 5.69 Å². The molecule has 2 heterocycles. The van der Waals surface area contributed by atoms with Crippen LogP contribution in [0.15, 0.2) is 68.4 Å². The second kappa shape index (κ2) is 9.88. The Morgan fingerprint density at radius 2 is 2.03 bits per heavy atom. The summed E-state index contributed by atoms with van der Waals surface area (Å²) in [4.78, 5) is 43.0. The third-order valence-electron chi connectivity index (χ3n) is 5.46. The van der Waals surface area contributed by atoms with Crippen LogP contribution in [0.5, 0.6) is 5.75 Å². The predicted molar refractivity (Wildman–Crippen MR) is 133 cm³/mol. The first-order chi connectivity index (χ1) is 16.7. The van der Waals surface area contributed by atoms with E-state index in [9.17, 15) is 24.8 Å². The van der Waals surface area contributed by atoms with Gasteiger partial charge in [-0.05, 0) is 49.9 Å². The van der Waals surface area contributed by atoms with Crippen molar-refractivity contribution in [1.82, 2.24) is 4.57 Å². The number of ether oxygens (including phenoxy) is 1. The zero-order chi connectivity index (χ0) is 25.3. The zero-order valence-corrected chi connectivity index (χ0v) is 20.7. The van der Waals surface area contributed by atoms with Gasteiger partial charge < -0.3 is 9.84 Å². The molecule has 0 saturated carbocycles. The number of hydrogen-bond acceptors (Lipinski definition) is 9. The van der Waals surface area contributed by atoms with Gasteiger partial charge in [-0.15, -0.1) is 11.8 Å². The Morgan fingerprint density at radius 3 is 2.66 bits per heavy atom. The molecule has 2 aromatic carbocycles. The molecule has 1 atom stereocenters. The third kappa shape index (κ3) is 4.64. The molecule has 0 amide bonds. The number of phenolic OH excluding ortho intramolecular Hbond substituents is 1. The monoisotopic (exact) mass is 511 g/mol. The number of carbonyl (C=O) groups excluding carboxylic acids is 1. The van der Waals surface area contributed by atoms with Crippen LogP contribution >= 0.6 is 23.1 Å². The average molecular weight is 512 g/mol. The molecule has 0 saturated heterocycles. The number of nitro groups is 1. The maximum atomic E-state index is 13.6. The molecule has 0 fully saturated rings. The number of rotatable bonds is 6. The van der Waals surface area contributed by atoms with Gasteiger partial charge in [0.15, 0.2) is 4.80 Å². The van der Waals surface area contributed by atoms with Gasteiger partial charge in [0.2, 0.25) is 0 Å². The maximum absolute atomic E-state index is 13.6. The van der Waals surface area contributed by atoms with E-state index in [0.717, 1.165) is 16.2 Å². The lowest BCUT2D eigenvalue weighted by atomic mass is 9.96. The Morgan fingerprint density at radius 1 is 1.31 bits per heavy atom. The summed E-state index contributed by atoms with van der Waals surface area (Å²) < 4.78 is 6.92. The molecule has 0 radical (unpaired) electrons. The molecule has 180 valence electrons. The van der Waals surface area contributed by atoms with Gasteiger partial charge in [0.05, 0.1) is 33.4 Å². The van der Waals surface area contributed by atoms with Gasteiger partial charge in [0.25, 0.3) is 11.2 Å². The SMILES string of the molecule is CCOC(=O)C1=C(C)N=c2s/c(=C\c3cc([N+](=O)[O-])ccc3O)c(=O)n2[C@@H]1c1ccc(SC)cc1. The fourth-order valence-electron chi connectivity index (χ4n) is 3.81. The van der Waals surface area contributed by atoms with Crippen molar-refractivity contribution in [2.75, 3.05) is 12.9 Å². The summed E-state index contributed by atoms with van der Waals surface area (Å²) in [5.74, 6) is -0.757. The number of carbonyl (C=O) groups is 1. The first-order valence-electron chi connectivity index (χ1n) is 10.6. The largest absolute Gasteiger partial charge is 0.507 e. The van der Waals surface area contributed by atoms with E-state index in [1.165, 1.54) is 28.8 Å². The molecule has 11 heteroatoms. The molecule has 1 aromatic heterocycles. The summed E-state index contributed by atoms with van der Waals surface area (Å²) in [6.45, 7) is 3.57. The van der Waals surface area contributed by atoms with Gasteiger partial charge in [0.1, 0.15) is 5.75 Å². The van der Waals surface area contributed by atoms with Crippen molar-refractivity contribution in [3.05, 3.63) is 94.7 Å². The van der Waals surface area contributed by atoms with E-state index < -0.39 is 22.5 Å². The minimum Gasteiger partial charge on any atom is -0.507 e. The molecule has 4 rings (SSSR count). The summed E-state index contributed by atoms with van der Waals surface area (Å²) in [5, 5.41) is 21.4. The highest BCUT2D eigenvalue weighted by atomic mass is 32.2. The number of thiazole rings is 1. The predicted octanol–water partition coefficient (Wildman–Crippen LogP) is 3.13. The summed E-state index contributed by atoms with van der Waals surface area (Å²) in [6.07, 6.45) is 3.35. The fourth-order valence-corrected chi connectivity index (χ4v) is 5.25. The van der Waals surface area contributed by atoms with Crippen molar-refractivity contribution < 1.29 is 19.6 Å². The van der Waals surface area contributed by atoms with Crippen LogP contribution < -0.4 is 14.9 Å². The molecule has 3 aromatic rings. The van der Waals surface area contributed by atoms with Crippen LogP contribution in [0.2, 0.25) is 0 Å². The van der Waals surface area contributed by atoms with Crippen LogP contribution in [-0.4, -0.2) is 33.4 Å². The van der Waals surface area contributed by atoms with E-state index in [1.54, 1.807) is 25.6 Å². The summed E-state index contributed by atoms with van der Waals surface area (Å²) in [5.41, 5.74) is 0.897. The number of phenols is 1. The normalized spacial score (nSPS) is 15.5. The average Bonchev–Trinajstić information content (AvgIpc) is 3.14. The molecule has 0 aliphatic carbocycles. The van der Waals surface area contributed by atoms with Crippen molar-refractivity contribution >= 4 is 40.8 Å². The van der Waals surface area contributed by atoms with Crippen LogP contribution in [0.1, 0.15) is 31.0 Å². The van der Waals surface area contributed by atoms with Gasteiger partial charge >= 0.3 is 5.97 Å². The molecule has 1 aliphatic heterocycles. The Hall–Kier alpha value is -3.70. The maximum Gasteiger partial charge on any atom is 0.338 e. The lowest BCUT2D eigenvalue weighted by molar-refractivity contribution is -0.384. The van der Waals surface area contributed by atoms with E-state index in [4.69, 9.17) is 4.74 Å². The molecule has 1 N–H and O–H groups in total. The lowest BCUT2D eigenvalue weighted by Crippen LogP contribution is -2.39. The van der Waals surface area contributed by atoms with Crippen LogP contribution in [-0.2, 0) is 9.53 Å². The number of fused-ring (bicyclic) bond motifs is 1. The highest BCUT2D eigenvalue weighted by Gasteiger charge is 2.33. The van der Waals surface area contributed by atoms with Gasteiger partial charge in [-0.1, -0.05) is 23.5 Å². The van der Waals surface area contributed by atoms with Crippen molar-refractivity contribution in [2.24, 2.45) is 4.99 Å². The highest BCUT2D eigenvalue weighted by molar-refractivity contribution is 7.98. The number of non-ortho nitro benzene ring substituents is 1. The molecule has 1 aliphatic rings. The van der Waals surface area contributed by atoms with Gasteiger partial charge in [0, 0.05) is 22.6 Å². The van der Waals surface area contributed by atoms with E-state index >= 15 is 0 Å². The van der Waals surface area contributed by atoms with Gasteiger partial charge in [-0.2, -0.15) is 0 Å². The minimum absolute atomic E-state index is 0.131. The first-order valence-corrected chi connectivity index (χ1v) is 12.6. The lowest BCUT2D eigenvalue weighted by Gasteiger charge is -2.24. The summed E-state index contributed by atoms with van der Waals surface area (Å²) >= 11 is 2.65. The number of nitrogens with zero attached hydrogens (tertiary/aromatic N) is 3.